The molecule has 2 rings (SSSR count). The Bertz CT molecular complexity index is 468. The van der Waals surface area contributed by atoms with Gasteiger partial charge in [0.25, 0.3) is 5.91 Å². The van der Waals surface area contributed by atoms with Gasteiger partial charge in [-0.15, -0.1) is 0 Å². The van der Waals surface area contributed by atoms with Crippen LogP contribution in [0, 0.1) is 0 Å². The lowest BCUT2D eigenvalue weighted by Crippen LogP contribution is -2.50. The maximum Gasteiger partial charge on any atom is 0.253 e. The molecular formula is C16H22N2O3. The zero-order chi connectivity index (χ0) is 15.1. The molecular weight excluding hydrogens is 268 g/mol. The summed E-state index contributed by atoms with van der Waals surface area (Å²) in [6.07, 6.45) is 1.86. The van der Waals surface area contributed by atoms with E-state index in [1.807, 2.05) is 35.2 Å². The second-order valence-electron chi connectivity index (χ2n) is 5.22. The molecule has 114 valence electrons. The maximum atomic E-state index is 12.3. The lowest BCUT2D eigenvalue weighted by molar-refractivity contribution is -0.132. The summed E-state index contributed by atoms with van der Waals surface area (Å²) in [5.41, 5.74) is 0.695. The summed E-state index contributed by atoms with van der Waals surface area (Å²) in [6.45, 7) is 2.48. The topological polar surface area (TPSA) is 60.9 Å². The van der Waals surface area contributed by atoms with Crippen LogP contribution in [0.4, 0.5) is 0 Å². The minimum absolute atomic E-state index is 0.0305. The van der Waals surface area contributed by atoms with Crippen molar-refractivity contribution >= 4 is 11.8 Å². The molecule has 1 heterocycles. The fraction of sp³-hybridized carbons (Fsp3) is 0.500. The predicted octanol–water partition coefficient (Wildman–Crippen LogP) is 1.13. The highest BCUT2D eigenvalue weighted by Crippen LogP contribution is 2.10. The van der Waals surface area contributed by atoms with Crippen molar-refractivity contribution in [2.75, 3.05) is 32.8 Å². The van der Waals surface area contributed by atoms with Crippen LogP contribution in [0.5, 0.6) is 0 Å². The van der Waals surface area contributed by atoms with Crippen LogP contribution in [0.1, 0.15) is 29.6 Å². The molecule has 0 aliphatic carbocycles. The minimum atomic E-state index is 0.0305. The van der Waals surface area contributed by atoms with E-state index in [4.69, 9.17) is 5.11 Å². The number of hydrogen-bond donors (Lipinski definition) is 1. The molecule has 2 amide bonds. The van der Waals surface area contributed by atoms with Crippen molar-refractivity contribution in [3.63, 3.8) is 0 Å². The third-order valence-electron chi connectivity index (χ3n) is 3.74. The summed E-state index contributed by atoms with van der Waals surface area (Å²) in [7, 11) is 0. The monoisotopic (exact) mass is 290 g/mol. The van der Waals surface area contributed by atoms with Gasteiger partial charge < -0.3 is 14.9 Å². The Hall–Kier alpha value is -1.88. The Morgan fingerprint density at radius 2 is 1.57 bits per heavy atom. The first-order valence-corrected chi connectivity index (χ1v) is 7.45. The number of rotatable bonds is 5. The standard InChI is InChI=1S/C16H22N2O3/c19-13-5-4-8-15(20)17-9-11-18(12-10-17)16(21)14-6-2-1-3-7-14/h1-3,6-7,19H,4-5,8-13H2. The zero-order valence-electron chi connectivity index (χ0n) is 12.2. The van der Waals surface area contributed by atoms with E-state index in [-0.39, 0.29) is 18.4 Å². The Morgan fingerprint density at radius 1 is 0.952 bits per heavy atom. The van der Waals surface area contributed by atoms with Gasteiger partial charge in [0.1, 0.15) is 0 Å². The SMILES string of the molecule is O=C(CCCCO)N1CCN(C(=O)c2ccccc2)CC1. The molecule has 1 aliphatic heterocycles. The first kappa shape index (κ1) is 15.5. The molecule has 1 fully saturated rings. The molecule has 21 heavy (non-hydrogen) atoms. The molecule has 0 aromatic heterocycles. The second kappa shape index (κ2) is 7.78. The lowest BCUT2D eigenvalue weighted by Gasteiger charge is -2.35. The highest BCUT2D eigenvalue weighted by atomic mass is 16.3. The quantitative estimate of drug-likeness (QED) is 0.827. The molecule has 0 atom stereocenters. The van der Waals surface area contributed by atoms with E-state index >= 15 is 0 Å². The average Bonchev–Trinajstić information content (AvgIpc) is 2.55. The molecule has 5 nitrogen and oxygen atoms in total. The first-order chi connectivity index (χ1) is 10.2. The van der Waals surface area contributed by atoms with Crippen LogP contribution in [-0.4, -0.2) is 59.5 Å². The van der Waals surface area contributed by atoms with Crippen molar-refractivity contribution in [2.45, 2.75) is 19.3 Å². The molecule has 1 aliphatic rings. The normalized spacial score (nSPS) is 15.1. The van der Waals surface area contributed by atoms with Gasteiger partial charge in [-0.3, -0.25) is 9.59 Å². The molecule has 0 spiro atoms. The summed E-state index contributed by atoms with van der Waals surface area (Å²) in [4.78, 5) is 27.9. The number of nitrogens with zero attached hydrogens (tertiary/aromatic N) is 2. The summed E-state index contributed by atoms with van der Waals surface area (Å²) in [5, 5.41) is 8.72. The predicted molar refractivity (Wildman–Crippen MR) is 79.9 cm³/mol. The van der Waals surface area contributed by atoms with Crippen LogP contribution < -0.4 is 0 Å². The third-order valence-corrected chi connectivity index (χ3v) is 3.74. The molecule has 0 unspecified atom stereocenters. The van der Waals surface area contributed by atoms with Gasteiger partial charge in [0.05, 0.1) is 0 Å². The second-order valence-corrected chi connectivity index (χ2v) is 5.22. The number of piperazine rings is 1. The van der Waals surface area contributed by atoms with Crippen LogP contribution in [-0.2, 0) is 4.79 Å². The number of aliphatic hydroxyl groups is 1. The minimum Gasteiger partial charge on any atom is -0.396 e. The van der Waals surface area contributed by atoms with E-state index in [0.717, 1.165) is 6.42 Å². The summed E-state index contributed by atoms with van der Waals surface area (Å²) >= 11 is 0. The van der Waals surface area contributed by atoms with Crippen molar-refractivity contribution in [2.24, 2.45) is 0 Å². The van der Waals surface area contributed by atoms with E-state index < -0.39 is 0 Å². The number of hydrogen-bond acceptors (Lipinski definition) is 3. The lowest BCUT2D eigenvalue weighted by atomic mass is 10.1. The van der Waals surface area contributed by atoms with Gasteiger partial charge >= 0.3 is 0 Å². The summed E-state index contributed by atoms with van der Waals surface area (Å²) in [5.74, 6) is 0.151. The van der Waals surface area contributed by atoms with Crippen molar-refractivity contribution in [3.05, 3.63) is 35.9 Å². The molecule has 1 aromatic carbocycles. The van der Waals surface area contributed by atoms with Gasteiger partial charge in [0.15, 0.2) is 0 Å². The van der Waals surface area contributed by atoms with Crippen molar-refractivity contribution in [3.8, 4) is 0 Å². The highest BCUT2D eigenvalue weighted by Gasteiger charge is 2.24. The molecule has 0 saturated carbocycles. The van der Waals surface area contributed by atoms with E-state index in [1.165, 1.54) is 0 Å². The molecule has 1 N–H and O–H groups in total. The molecule has 0 bridgehead atoms. The van der Waals surface area contributed by atoms with Crippen molar-refractivity contribution in [1.82, 2.24) is 9.80 Å². The molecule has 5 heteroatoms. The Morgan fingerprint density at radius 3 is 2.19 bits per heavy atom. The Labute approximate surface area is 125 Å². The van der Waals surface area contributed by atoms with Gasteiger partial charge in [-0.1, -0.05) is 18.2 Å². The summed E-state index contributed by atoms with van der Waals surface area (Å²) in [6, 6.07) is 9.23. The number of aliphatic hydroxyl groups excluding tert-OH is 1. The fourth-order valence-electron chi connectivity index (χ4n) is 2.47. The number of benzene rings is 1. The average molecular weight is 290 g/mol. The van der Waals surface area contributed by atoms with Gasteiger partial charge in [0, 0.05) is 44.8 Å². The summed E-state index contributed by atoms with van der Waals surface area (Å²) < 4.78 is 0. The third kappa shape index (κ3) is 4.29. The van der Waals surface area contributed by atoms with Crippen molar-refractivity contribution in [1.29, 1.82) is 0 Å². The van der Waals surface area contributed by atoms with E-state index in [2.05, 4.69) is 0 Å². The smallest absolute Gasteiger partial charge is 0.253 e. The van der Waals surface area contributed by atoms with Crippen LogP contribution in [0.2, 0.25) is 0 Å². The zero-order valence-corrected chi connectivity index (χ0v) is 12.2. The van der Waals surface area contributed by atoms with Crippen molar-refractivity contribution < 1.29 is 14.7 Å². The van der Waals surface area contributed by atoms with Gasteiger partial charge in [-0.25, -0.2) is 0 Å². The molecule has 1 aromatic rings. The number of carbonyl (C=O) groups excluding carboxylic acids is 2. The highest BCUT2D eigenvalue weighted by molar-refractivity contribution is 5.94. The van der Waals surface area contributed by atoms with Gasteiger partial charge in [-0.05, 0) is 25.0 Å². The van der Waals surface area contributed by atoms with Crippen LogP contribution in [0.3, 0.4) is 0 Å². The largest absolute Gasteiger partial charge is 0.396 e. The maximum absolute atomic E-state index is 12.3. The molecule has 0 radical (unpaired) electrons. The number of unbranched alkanes of at least 4 members (excludes halogenated alkanes) is 1. The van der Waals surface area contributed by atoms with Gasteiger partial charge in [-0.2, -0.15) is 0 Å². The van der Waals surface area contributed by atoms with E-state index in [9.17, 15) is 9.59 Å². The Kier molecular flexibility index (Phi) is 5.75. The number of amides is 2. The van der Waals surface area contributed by atoms with Crippen LogP contribution >= 0.6 is 0 Å². The Balaban J connectivity index is 1.80. The molecule has 1 saturated heterocycles. The van der Waals surface area contributed by atoms with Crippen LogP contribution in [0.15, 0.2) is 30.3 Å². The van der Waals surface area contributed by atoms with E-state index in [1.54, 1.807) is 4.90 Å². The number of carbonyl (C=O) groups is 2. The van der Waals surface area contributed by atoms with Gasteiger partial charge in [0.2, 0.25) is 5.91 Å². The first-order valence-electron chi connectivity index (χ1n) is 7.45. The fourth-order valence-corrected chi connectivity index (χ4v) is 2.47. The van der Waals surface area contributed by atoms with Crippen LogP contribution in [0.25, 0.3) is 0 Å². The van der Waals surface area contributed by atoms with E-state index in [0.29, 0.717) is 44.6 Å².